The molecule has 0 radical (unpaired) electrons. The van der Waals surface area contributed by atoms with E-state index in [1.54, 1.807) is 0 Å². The fourth-order valence-electron chi connectivity index (χ4n) is 5.04. The van der Waals surface area contributed by atoms with Crippen molar-refractivity contribution in [2.45, 2.75) is 63.4 Å². The number of alkyl halides is 1. The van der Waals surface area contributed by atoms with Gasteiger partial charge in [0.1, 0.15) is 12.2 Å². The largest absolute Gasteiger partial charge is 0.463 e. The summed E-state index contributed by atoms with van der Waals surface area (Å²) in [5, 5.41) is 12.1. The third-order valence-corrected chi connectivity index (χ3v) is 6.59. The molecule has 0 amide bonds. The van der Waals surface area contributed by atoms with Gasteiger partial charge in [0, 0.05) is 11.8 Å². The summed E-state index contributed by atoms with van der Waals surface area (Å²) in [6, 6.07) is 0. The Balaban J connectivity index is 1.47. The van der Waals surface area contributed by atoms with Crippen molar-refractivity contribution in [3.05, 3.63) is 0 Å². The van der Waals surface area contributed by atoms with Gasteiger partial charge in [0.25, 0.3) is 0 Å². The maximum atomic E-state index is 11.8. The van der Waals surface area contributed by atoms with E-state index >= 15 is 0 Å². The summed E-state index contributed by atoms with van der Waals surface area (Å²) in [6.45, 7) is 0.235. The number of rotatable bonds is 7. The Bertz CT molecular complexity index is 354. The van der Waals surface area contributed by atoms with Gasteiger partial charge in [0.05, 0.1) is 0 Å². The zero-order chi connectivity index (χ0) is 14.9. The van der Waals surface area contributed by atoms with Gasteiger partial charge in [-0.05, 0) is 68.6 Å². The van der Waals surface area contributed by atoms with E-state index < -0.39 is 5.60 Å². The van der Waals surface area contributed by atoms with Gasteiger partial charge in [-0.15, -0.1) is 0 Å². The molecule has 21 heavy (non-hydrogen) atoms. The average Bonchev–Trinajstić information content (AvgIpc) is 2.46. The van der Waals surface area contributed by atoms with E-state index in [0.29, 0.717) is 18.3 Å². The Hall–Kier alpha value is -0.0900. The van der Waals surface area contributed by atoms with Crippen LogP contribution >= 0.6 is 15.9 Å². The quantitative estimate of drug-likeness (QED) is 0.429. The second kappa shape index (κ2) is 6.57. The first-order valence-electron chi connectivity index (χ1n) is 8.55. The van der Waals surface area contributed by atoms with Crippen molar-refractivity contribution in [3.8, 4) is 0 Å². The van der Waals surface area contributed by atoms with Crippen molar-refractivity contribution in [3.63, 3.8) is 0 Å². The maximum absolute atomic E-state index is 11.8. The second-order valence-electron chi connectivity index (χ2n) is 7.46. The molecule has 4 bridgehead atoms. The minimum Gasteiger partial charge on any atom is -0.463 e. The number of unbranched alkanes of at least 4 members (excludes halogenated alkanes) is 2. The molecule has 0 spiro atoms. The number of halogens is 1. The molecule has 4 aliphatic carbocycles. The van der Waals surface area contributed by atoms with Gasteiger partial charge in [0.2, 0.25) is 0 Å². The Morgan fingerprint density at radius 1 is 1.05 bits per heavy atom. The average molecular weight is 359 g/mol. The molecule has 4 saturated carbocycles. The molecule has 4 heteroatoms. The van der Waals surface area contributed by atoms with Gasteiger partial charge in [-0.1, -0.05) is 22.4 Å². The molecular formula is C17H27BrO3. The lowest BCUT2D eigenvalue weighted by Crippen LogP contribution is -2.60. The SMILES string of the molecule is O=C(CCCCCBr)OCC1(O)C2CC3CC(C2)CC1C3. The first-order valence-corrected chi connectivity index (χ1v) is 9.68. The number of aliphatic hydroxyl groups is 1. The zero-order valence-electron chi connectivity index (χ0n) is 12.7. The van der Waals surface area contributed by atoms with Crippen LogP contribution in [-0.2, 0) is 9.53 Å². The summed E-state index contributed by atoms with van der Waals surface area (Å²) in [7, 11) is 0. The van der Waals surface area contributed by atoms with Crippen LogP contribution in [0.1, 0.15) is 57.8 Å². The highest BCUT2D eigenvalue weighted by atomic mass is 79.9. The smallest absolute Gasteiger partial charge is 0.305 e. The van der Waals surface area contributed by atoms with Crippen LogP contribution in [0.2, 0.25) is 0 Å². The minimum atomic E-state index is -0.723. The van der Waals surface area contributed by atoms with Crippen LogP contribution in [0.15, 0.2) is 0 Å². The first-order chi connectivity index (χ1) is 10.1. The van der Waals surface area contributed by atoms with E-state index in [2.05, 4.69) is 15.9 Å². The van der Waals surface area contributed by atoms with Crippen molar-refractivity contribution in [2.75, 3.05) is 11.9 Å². The van der Waals surface area contributed by atoms with Gasteiger partial charge < -0.3 is 9.84 Å². The molecule has 0 atom stereocenters. The van der Waals surface area contributed by atoms with Crippen LogP contribution in [-0.4, -0.2) is 28.6 Å². The molecular weight excluding hydrogens is 332 g/mol. The van der Waals surface area contributed by atoms with E-state index in [1.807, 2.05) is 0 Å². The highest BCUT2D eigenvalue weighted by Crippen LogP contribution is 2.58. The lowest BCUT2D eigenvalue weighted by Gasteiger charge is -2.58. The Morgan fingerprint density at radius 2 is 1.67 bits per heavy atom. The van der Waals surface area contributed by atoms with Crippen molar-refractivity contribution in [1.82, 2.24) is 0 Å². The van der Waals surface area contributed by atoms with Crippen molar-refractivity contribution in [2.24, 2.45) is 23.7 Å². The summed E-state index contributed by atoms with van der Waals surface area (Å²) in [5.41, 5.74) is -0.723. The highest BCUT2D eigenvalue weighted by Gasteiger charge is 2.57. The van der Waals surface area contributed by atoms with Crippen LogP contribution in [0.3, 0.4) is 0 Å². The Kier molecular flexibility index (Phi) is 4.94. The number of carbonyl (C=O) groups excluding carboxylic acids is 1. The molecule has 3 nitrogen and oxygen atoms in total. The molecule has 0 unspecified atom stereocenters. The lowest BCUT2D eigenvalue weighted by molar-refractivity contribution is -0.202. The minimum absolute atomic E-state index is 0.133. The Labute approximate surface area is 135 Å². The van der Waals surface area contributed by atoms with Gasteiger partial charge in [-0.25, -0.2) is 0 Å². The summed E-state index contributed by atoms with van der Waals surface area (Å²) < 4.78 is 5.45. The van der Waals surface area contributed by atoms with Gasteiger partial charge >= 0.3 is 5.97 Å². The van der Waals surface area contributed by atoms with E-state index in [9.17, 15) is 9.90 Å². The molecule has 4 fully saturated rings. The van der Waals surface area contributed by atoms with Crippen LogP contribution < -0.4 is 0 Å². The van der Waals surface area contributed by atoms with Crippen LogP contribution in [0.25, 0.3) is 0 Å². The van der Waals surface area contributed by atoms with Crippen LogP contribution in [0.4, 0.5) is 0 Å². The Morgan fingerprint density at radius 3 is 2.24 bits per heavy atom. The fraction of sp³-hybridized carbons (Fsp3) is 0.941. The topological polar surface area (TPSA) is 46.5 Å². The van der Waals surface area contributed by atoms with E-state index in [0.717, 1.165) is 62.1 Å². The molecule has 1 N–H and O–H groups in total. The van der Waals surface area contributed by atoms with E-state index in [-0.39, 0.29) is 12.6 Å². The predicted molar refractivity (Wildman–Crippen MR) is 85.2 cm³/mol. The second-order valence-corrected chi connectivity index (χ2v) is 8.25. The number of hydrogen-bond acceptors (Lipinski definition) is 3. The number of carbonyl (C=O) groups is 1. The standard InChI is InChI=1S/C17H27BrO3/c18-5-3-1-2-4-16(19)21-11-17(20)14-7-12-6-13(9-14)10-15(17)8-12/h12-15,20H,1-11H2. The number of ether oxygens (including phenoxy) is 1. The van der Waals surface area contributed by atoms with Crippen molar-refractivity contribution >= 4 is 21.9 Å². The van der Waals surface area contributed by atoms with Gasteiger partial charge in [0.15, 0.2) is 0 Å². The number of esters is 1. The fourth-order valence-corrected chi connectivity index (χ4v) is 5.44. The van der Waals surface area contributed by atoms with Crippen LogP contribution in [0, 0.1) is 23.7 Å². The normalized spacial score (nSPS) is 40.5. The molecule has 0 heterocycles. The zero-order valence-corrected chi connectivity index (χ0v) is 14.3. The summed E-state index contributed by atoms with van der Waals surface area (Å²) in [6.07, 6.45) is 9.49. The third kappa shape index (κ3) is 3.31. The first kappa shape index (κ1) is 15.8. The summed E-state index contributed by atoms with van der Waals surface area (Å²) in [4.78, 5) is 11.8. The highest BCUT2D eigenvalue weighted by molar-refractivity contribution is 9.09. The van der Waals surface area contributed by atoms with Gasteiger partial charge in [-0.3, -0.25) is 4.79 Å². The van der Waals surface area contributed by atoms with Crippen LogP contribution in [0.5, 0.6) is 0 Å². The summed E-state index contributed by atoms with van der Waals surface area (Å²) in [5.74, 6) is 2.26. The number of hydrogen-bond donors (Lipinski definition) is 1. The predicted octanol–water partition coefficient (Wildman–Crippen LogP) is 3.67. The van der Waals surface area contributed by atoms with E-state index in [4.69, 9.17) is 4.74 Å². The molecule has 4 rings (SSSR count). The van der Waals surface area contributed by atoms with Crippen molar-refractivity contribution < 1.29 is 14.6 Å². The molecule has 0 aliphatic heterocycles. The molecule has 0 aromatic heterocycles. The van der Waals surface area contributed by atoms with Gasteiger partial charge in [-0.2, -0.15) is 0 Å². The summed E-state index contributed by atoms with van der Waals surface area (Å²) >= 11 is 3.39. The monoisotopic (exact) mass is 358 g/mol. The molecule has 4 aliphatic rings. The molecule has 0 saturated heterocycles. The molecule has 120 valence electrons. The lowest BCUT2D eigenvalue weighted by atomic mass is 9.50. The third-order valence-electron chi connectivity index (χ3n) is 6.03. The van der Waals surface area contributed by atoms with E-state index in [1.165, 1.54) is 6.42 Å². The van der Waals surface area contributed by atoms with Crippen molar-refractivity contribution in [1.29, 1.82) is 0 Å². The molecule has 0 aromatic rings. The maximum Gasteiger partial charge on any atom is 0.305 e. The molecule has 0 aromatic carbocycles.